The fraction of sp³-hybridized carbons (Fsp3) is 0.182. The van der Waals surface area contributed by atoms with E-state index in [0.717, 1.165) is 16.9 Å². The number of fused-ring (bicyclic) bond motifs is 1. The van der Waals surface area contributed by atoms with Crippen LogP contribution in [0.2, 0.25) is 0 Å². The Labute approximate surface area is 161 Å². The van der Waals surface area contributed by atoms with Gasteiger partial charge in [-0.2, -0.15) is 0 Å². The average Bonchev–Trinajstić information content (AvgIpc) is 2.72. The van der Waals surface area contributed by atoms with E-state index >= 15 is 0 Å². The first-order valence-electron chi connectivity index (χ1n) is 8.98. The van der Waals surface area contributed by atoms with Gasteiger partial charge in [0.1, 0.15) is 24.0 Å². The second-order valence-corrected chi connectivity index (χ2v) is 6.65. The molecule has 2 heterocycles. The van der Waals surface area contributed by atoms with Crippen molar-refractivity contribution in [3.05, 3.63) is 89.2 Å². The molecule has 0 aromatic heterocycles. The van der Waals surface area contributed by atoms with Crippen LogP contribution in [0.3, 0.4) is 0 Å². The van der Waals surface area contributed by atoms with Crippen LogP contribution in [0, 0.1) is 11.6 Å². The monoisotopic (exact) mass is 380 g/mol. The molecule has 0 N–H and O–H groups in total. The number of dihydropyridines is 1. The lowest BCUT2D eigenvalue weighted by molar-refractivity contribution is 0.0822. The van der Waals surface area contributed by atoms with Crippen molar-refractivity contribution in [1.82, 2.24) is 4.90 Å². The Hall–Kier alpha value is -3.28. The van der Waals surface area contributed by atoms with Crippen LogP contribution in [0.15, 0.2) is 76.9 Å². The van der Waals surface area contributed by atoms with Gasteiger partial charge in [0.15, 0.2) is 0 Å². The summed E-state index contributed by atoms with van der Waals surface area (Å²) in [4.78, 5) is 18.8. The standard InChI is InChI=1S/C22H18F2N2O2/c23-18-6-4-16(5-7-18)22(27)26-9-8-21-17(13-26)10-15(12-25-21)14-28-20-3-1-2-19(24)11-20/h1-7,10-11,13H,8-9,12,14H2. The number of amides is 1. The zero-order chi connectivity index (χ0) is 19.5. The highest BCUT2D eigenvalue weighted by Crippen LogP contribution is 2.22. The van der Waals surface area contributed by atoms with E-state index in [2.05, 4.69) is 4.99 Å². The van der Waals surface area contributed by atoms with Crippen molar-refractivity contribution in [2.24, 2.45) is 4.99 Å². The maximum absolute atomic E-state index is 13.3. The maximum Gasteiger partial charge on any atom is 0.257 e. The van der Waals surface area contributed by atoms with E-state index < -0.39 is 0 Å². The summed E-state index contributed by atoms with van der Waals surface area (Å²) < 4.78 is 32.0. The lowest BCUT2D eigenvalue weighted by Crippen LogP contribution is -2.33. The third-order valence-corrected chi connectivity index (χ3v) is 4.62. The molecule has 142 valence electrons. The molecule has 0 saturated heterocycles. The summed E-state index contributed by atoms with van der Waals surface area (Å²) >= 11 is 0. The fourth-order valence-electron chi connectivity index (χ4n) is 3.17. The van der Waals surface area contributed by atoms with Gasteiger partial charge in [-0.25, -0.2) is 8.78 Å². The van der Waals surface area contributed by atoms with E-state index in [0.29, 0.717) is 37.4 Å². The summed E-state index contributed by atoms with van der Waals surface area (Å²) in [5, 5.41) is 0. The molecule has 6 heteroatoms. The zero-order valence-electron chi connectivity index (χ0n) is 15.1. The van der Waals surface area contributed by atoms with E-state index in [-0.39, 0.29) is 17.5 Å². The van der Waals surface area contributed by atoms with Crippen LogP contribution < -0.4 is 4.74 Å². The lowest BCUT2D eigenvalue weighted by Gasteiger charge is -2.27. The van der Waals surface area contributed by atoms with Gasteiger partial charge in [-0.1, -0.05) is 6.07 Å². The minimum Gasteiger partial charge on any atom is -0.489 e. The highest BCUT2D eigenvalue weighted by atomic mass is 19.1. The Morgan fingerprint density at radius 2 is 1.93 bits per heavy atom. The van der Waals surface area contributed by atoms with Crippen molar-refractivity contribution in [3.63, 3.8) is 0 Å². The van der Waals surface area contributed by atoms with Crippen LogP contribution in [0.1, 0.15) is 16.8 Å². The number of halogens is 2. The molecule has 2 aliphatic rings. The van der Waals surface area contributed by atoms with Gasteiger partial charge in [0.05, 0.1) is 6.54 Å². The molecule has 0 atom stereocenters. The Balaban J connectivity index is 1.48. The number of allylic oxidation sites excluding steroid dienone is 2. The molecular formula is C22H18F2N2O2. The van der Waals surface area contributed by atoms with Gasteiger partial charge < -0.3 is 9.64 Å². The molecule has 2 aromatic rings. The smallest absolute Gasteiger partial charge is 0.257 e. The number of carbonyl (C=O) groups is 1. The van der Waals surface area contributed by atoms with Crippen molar-refractivity contribution < 1.29 is 18.3 Å². The van der Waals surface area contributed by atoms with Crippen LogP contribution in [-0.2, 0) is 0 Å². The van der Waals surface area contributed by atoms with Crippen molar-refractivity contribution in [3.8, 4) is 5.75 Å². The first kappa shape index (κ1) is 18.1. The maximum atomic E-state index is 13.3. The molecule has 4 nitrogen and oxygen atoms in total. The average molecular weight is 380 g/mol. The number of ether oxygens (including phenoxy) is 1. The number of rotatable bonds is 4. The molecule has 2 aliphatic heterocycles. The van der Waals surface area contributed by atoms with Crippen LogP contribution in [0.4, 0.5) is 8.78 Å². The van der Waals surface area contributed by atoms with Gasteiger partial charge in [-0.3, -0.25) is 9.79 Å². The second kappa shape index (κ2) is 7.76. The summed E-state index contributed by atoms with van der Waals surface area (Å²) in [7, 11) is 0. The number of benzene rings is 2. The normalized spacial score (nSPS) is 15.9. The van der Waals surface area contributed by atoms with Gasteiger partial charge in [0, 0.05) is 42.1 Å². The van der Waals surface area contributed by atoms with E-state index in [4.69, 9.17) is 4.74 Å². The van der Waals surface area contributed by atoms with Gasteiger partial charge in [-0.15, -0.1) is 0 Å². The summed E-state index contributed by atoms with van der Waals surface area (Å²) in [6, 6.07) is 11.5. The molecular weight excluding hydrogens is 362 g/mol. The first-order chi connectivity index (χ1) is 13.6. The summed E-state index contributed by atoms with van der Waals surface area (Å²) in [6.45, 7) is 1.35. The first-order valence-corrected chi connectivity index (χ1v) is 8.98. The summed E-state index contributed by atoms with van der Waals surface area (Å²) in [6.07, 6.45) is 4.40. The quantitative estimate of drug-likeness (QED) is 0.800. The van der Waals surface area contributed by atoms with Crippen LogP contribution in [0.25, 0.3) is 0 Å². The lowest BCUT2D eigenvalue weighted by atomic mass is 9.98. The Kier molecular flexibility index (Phi) is 5.02. The van der Waals surface area contributed by atoms with Crippen LogP contribution in [-0.4, -0.2) is 36.2 Å². The molecule has 0 bridgehead atoms. The van der Waals surface area contributed by atoms with E-state index in [1.54, 1.807) is 23.2 Å². The molecule has 0 saturated carbocycles. The molecule has 0 aliphatic carbocycles. The highest BCUT2D eigenvalue weighted by Gasteiger charge is 2.23. The predicted octanol–water partition coefficient (Wildman–Crippen LogP) is 4.15. The SMILES string of the molecule is O=C(c1ccc(F)cc1)N1C=C2C=C(COc3cccc(F)c3)CN=C2CC1. The summed E-state index contributed by atoms with van der Waals surface area (Å²) in [5.41, 5.74) is 3.20. The molecule has 0 fully saturated rings. The number of nitrogens with zero attached hydrogens (tertiary/aromatic N) is 2. The second-order valence-electron chi connectivity index (χ2n) is 6.65. The largest absolute Gasteiger partial charge is 0.489 e. The zero-order valence-corrected chi connectivity index (χ0v) is 15.1. The van der Waals surface area contributed by atoms with Gasteiger partial charge in [-0.05, 0) is 48.0 Å². The molecule has 2 aromatic carbocycles. The van der Waals surface area contributed by atoms with E-state index in [1.165, 1.54) is 36.4 Å². The van der Waals surface area contributed by atoms with E-state index in [1.807, 2.05) is 6.08 Å². The number of carbonyl (C=O) groups excluding carboxylic acids is 1. The molecule has 0 radical (unpaired) electrons. The third-order valence-electron chi connectivity index (χ3n) is 4.62. The van der Waals surface area contributed by atoms with Gasteiger partial charge >= 0.3 is 0 Å². The van der Waals surface area contributed by atoms with Crippen LogP contribution in [0.5, 0.6) is 5.75 Å². The van der Waals surface area contributed by atoms with Crippen molar-refractivity contribution >= 4 is 11.6 Å². The minimum atomic E-state index is -0.374. The minimum absolute atomic E-state index is 0.178. The van der Waals surface area contributed by atoms with Gasteiger partial charge in [0.2, 0.25) is 0 Å². The number of hydrogen-bond acceptors (Lipinski definition) is 3. The Morgan fingerprint density at radius 3 is 2.71 bits per heavy atom. The van der Waals surface area contributed by atoms with Crippen molar-refractivity contribution in [2.45, 2.75) is 6.42 Å². The van der Waals surface area contributed by atoms with Crippen molar-refractivity contribution in [2.75, 3.05) is 19.7 Å². The Bertz CT molecular complexity index is 994. The molecule has 1 amide bonds. The van der Waals surface area contributed by atoms with Crippen LogP contribution >= 0.6 is 0 Å². The Morgan fingerprint density at radius 1 is 1.11 bits per heavy atom. The third kappa shape index (κ3) is 4.01. The van der Waals surface area contributed by atoms with Gasteiger partial charge in [0.25, 0.3) is 5.91 Å². The summed E-state index contributed by atoms with van der Waals surface area (Å²) in [5.74, 6) is -0.439. The number of hydrogen-bond donors (Lipinski definition) is 0. The topological polar surface area (TPSA) is 41.9 Å². The fourth-order valence-corrected chi connectivity index (χ4v) is 3.17. The molecule has 4 rings (SSSR count). The number of aliphatic imine (C=N–C) groups is 1. The predicted molar refractivity (Wildman–Crippen MR) is 102 cm³/mol. The molecule has 28 heavy (non-hydrogen) atoms. The molecule has 0 unspecified atom stereocenters. The molecule has 0 spiro atoms. The highest BCUT2D eigenvalue weighted by molar-refractivity contribution is 6.06. The van der Waals surface area contributed by atoms with E-state index in [9.17, 15) is 13.6 Å². The van der Waals surface area contributed by atoms with Crippen molar-refractivity contribution in [1.29, 1.82) is 0 Å².